The lowest BCUT2D eigenvalue weighted by atomic mass is 10.3. The Morgan fingerprint density at radius 3 is 1.73 bits per heavy atom. The molecule has 0 aliphatic heterocycles. The third-order valence-corrected chi connectivity index (χ3v) is 0.501. The number of aliphatic hydroxyl groups excluding tert-OH is 2. The summed E-state index contributed by atoms with van der Waals surface area (Å²) in [6.07, 6.45) is -1.40. The maximum atomic E-state index is 9.74. The van der Waals surface area contributed by atoms with Gasteiger partial charge in [-0.3, -0.25) is 4.79 Å². The molecule has 8 heteroatoms. The number of amides is 1. The van der Waals surface area contributed by atoms with E-state index < -0.39 is 25.9 Å². The highest BCUT2D eigenvalue weighted by molar-refractivity contribution is 6.30. The summed E-state index contributed by atoms with van der Waals surface area (Å²) in [7, 11) is -2.17. The molecule has 0 aromatic rings. The number of carbonyl (C=O) groups excluding carboxylic acids is 1. The highest BCUT2D eigenvalue weighted by Crippen LogP contribution is 1.73. The summed E-state index contributed by atoms with van der Waals surface area (Å²) >= 11 is 0. The molecule has 1 unspecified atom stereocenters. The topological polar surface area (TPSA) is 144 Å². The zero-order valence-electron chi connectivity index (χ0n) is 5.58. The number of nitrogens with two attached hydrogens (primary N) is 1. The van der Waals surface area contributed by atoms with Crippen LogP contribution in [0.4, 0.5) is 0 Å². The Balaban J connectivity index is 0. The van der Waals surface area contributed by atoms with Crippen molar-refractivity contribution in [2.24, 2.45) is 5.73 Å². The summed E-state index contributed by atoms with van der Waals surface area (Å²) in [5.74, 6) is -0.900. The van der Waals surface area contributed by atoms with Crippen molar-refractivity contribution in [3.05, 3.63) is 0 Å². The Hall–Kier alpha value is -0.665. The molecule has 0 saturated heterocycles. The Labute approximate surface area is 62.9 Å². The molecule has 7 nitrogen and oxygen atoms in total. The number of primary amides is 1. The third-order valence-electron chi connectivity index (χ3n) is 0.501. The van der Waals surface area contributed by atoms with Crippen LogP contribution in [0.3, 0.4) is 0 Å². The van der Waals surface area contributed by atoms with E-state index in [0.717, 1.165) is 0 Å². The average molecular weight is 167 g/mol. The van der Waals surface area contributed by atoms with E-state index in [0.29, 0.717) is 0 Å². The van der Waals surface area contributed by atoms with Crippen LogP contribution in [-0.4, -0.2) is 51.2 Å². The molecule has 1 amide bonds. The van der Waals surface area contributed by atoms with Crippen LogP contribution in [0, 0.1) is 0 Å². The lowest BCUT2D eigenvalue weighted by Gasteiger charge is -1.96. The van der Waals surface area contributed by atoms with Gasteiger partial charge in [0.15, 0.2) is 6.10 Å². The molecule has 0 heterocycles. The lowest BCUT2D eigenvalue weighted by Crippen LogP contribution is -2.30. The predicted molar refractivity (Wildman–Crippen MR) is 34.7 cm³/mol. The summed E-state index contributed by atoms with van der Waals surface area (Å²) in [5, 5.41) is 37.7. The first-order chi connectivity index (χ1) is 4.91. The summed E-state index contributed by atoms with van der Waals surface area (Å²) in [5.41, 5.74) is 4.50. The minimum atomic E-state index is -2.17. The Bertz CT molecular complexity index is 105. The number of carbonyl (C=O) groups is 1. The van der Waals surface area contributed by atoms with Crippen molar-refractivity contribution in [2.75, 3.05) is 6.61 Å². The second-order valence-electron chi connectivity index (χ2n) is 1.45. The fourth-order valence-corrected chi connectivity index (χ4v) is 0.0900. The summed E-state index contributed by atoms with van der Waals surface area (Å²) in [6.45, 7) is -0.602. The van der Waals surface area contributed by atoms with Crippen LogP contribution in [0.2, 0.25) is 0 Å². The van der Waals surface area contributed by atoms with E-state index >= 15 is 0 Å². The van der Waals surface area contributed by atoms with Gasteiger partial charge in [-0.25, -0.2) is 0 Å². The number of rotatable bonds is 2. The van der Waals surface area contributed by atoms with E-state index in [9.17, 15) is 4.79 Å². The van der Waals surface area contributed by atoms with Crippen molar-refractivity contribution in [3.63, 3.8) is 0 Å². The molecule has 0 aliphatic carbocycles. The van der Waals surface area contributed by atoms with Crippen LogP contribution in [-0.2, 0) is 4.79 Å². The van der Waals surface area contributed by atoms with Crippen molar-refractivity contribution >= 4 is 13.2 Å². The minimum absolute atomic E-state index is 0.602. The third kappa shape index (κ3) is 17.6. The van der Waals surface area contributed by atoms with Crippen LogP contribution >= 0.6 is 0 Å². The summed E-state index contributed by atoms with van der Waals surface area (Å²) < 4.78 is 0. The first kappa shape index (κ1) is 13.0. The molecular weight excluding hydrogens is 157 g/mol. The maximum absolute atomic E-state index is 9.74. The fraction of sp³-hybridized carbons (Fsp3) is 0.667. The van der Waals surface area contributed by atoms with Crippen molar-refractivity contribution < 1.29 is 30.1 Å². The van der Waals surface area contributed by atoms with Gasteiger partial charge in [0.2, 0.25) is 5.91 Å². The molecule has 7 N–H and O–H groups in total. The van der Waals surface area contributed by atoms with Crippen LogP contribution in [0.1, 0.15) is 0 Å². The van der Waals surface area contributed by atoms with Gasteiger partial charge in [0.05, 0.1) is 6.61 Å². The number of hydrogen-bond donors (Lipinski definition) is 6. The zero-order chi connectivity index (χ0) is 9.44. The molecule has 0 radical (unpaired) electrons. The predicted octanol–water partition coefficient (Wildman–Crippen LogP) is -4.23. The number of aliphatic hydroxyl groups is 2. The first-order valence-corrected chi connectivity index (χ1v) is 2.54. The molecule has 0 aliphatic rings. The van der Waals surface area contributed by atoms with Crippen molar-refractivity contribution in [1.29, 1.82) is 0 Å². The maximum Gasteiger partial charge on any atom is 0.631 e. The van der Waals surface area contributed by atoms with Gasteiger partial charge >= 0.3 is 7.32 Å². The van der Waals surface area contributed by atoms with E-state index in [1.165, 1.54) is 0 Å². The molecule has 11 heavy (non-hydrogen) atoms. The highest BCUT2D eigenvalue weighted by Gasteiger charge is 2.06. The van der Waals surface area contributed by atoms with Crippen LogP contribution in [0.15, 0.2) is 0 Å². The van der Waals surface area contributed by atoms with Gasteiger partial charge in [-0.15, -0.1) is 0 Å². The molecule has 0 saturated carbocycles. The second kappa shape index (κ2) is 7.44. The van der Waals surface area contributed by atoms with Crippen LogP contribution in [0.5, 0.6) is 0 Å². The standard InChI is InChI=1S/C3H7NO3.BH3O3/c4-3(7)2(6)1-5;2-1(3)4/h2,5-6H,1H2,(H2,4,7);2-4H. The van der Waals surface area contributed by atoms with E-state index in [-0.39, 0.29) is 0 Å². The molecular formula is C3H10BNO6. The molecule has 66 valence electrons. The van der Waals surface area contributed by atoms with E-state index in [4.69, 9.17) is 25.3 Å². The van der Waals surface area contributed by atoms with Gasteiger partial charge < -0.3 is 31.0 Å². The van der Waals surface area contributed by atoms with Crippen molar-refractivity contribution in [2.45, 2.75) is 6.10 Å². The molecule has 0 spiro atoms. The van der Waals surface area contributed by atoms with Gasteiger partial charge in [-0.05, 0) is 0 Å². The average Bonchev–Trinajstić information content (AvgIpc) is 1.85. The van der Waals surface area contributed by atoms with E-state index in [1.807, 2.05) is 0 Å². The Morgan fingerprint density at radius 2 is 1.73 bits per heavy atom. The van der Waals surface area contributed by atoms with Gasteiger partial charge in [-0.1, -0.05) is 0 Å². The van der Waals surface area contributed by atoms with Crippen LogP contribution in [0.25, 0.3) is 0 Å². The monoisotopic (exact) mass is 167 g/mol. The zero-order valence-corrected chi connectivity index (χ0v) is 5.58. The molecule has 0 aromatic carbocycles. The van der Waals surface area contributed by atoms with Gasteiger partial charge in [0.1, 0.15) is 0 Å². The molecule has 0 rings (SSSR count). The summed E-state index contributed by atoms with van der Waals surface area (Å²) in [6, 6.07) is 0. The van der Waals surface area contributed by atoms with Gasteiger partial charge in [-0.2, -0.15) is 0 Å². The molecule has 0 aromatic heterocycles. The number of hydrogen-bond acceptors (Lipinski definition) is 6. The highest BCUT2D eigenvalue weighted by atomic mass is 16.5. The smallest absolute Gasteiger partial charge is 0.402 e. The largest absolute Gasteiger partial charge is 0.631 e. The fourth-order valence-electron chi connectivity index (χ4n) is 0.0900. The first-order valence-electron chi connectivity index (χ1n) is 2.54. The lowest BCUT2D eigenvalue weighted by molar-refractivity contribution is -0.127. The van der Waals surface area contributed by atoms with Gasteiger partial charge in [0.25, 0.3) is 0 Å². The van der Waals surface area contributed by atoms with E-state index in [1.54, 1.807) is 0 Å². The Morgan fingerprint density at radius 1 is 1.45 bits per heavy atom. The van der Waals surface area contributed by atoms with E-state index in [2.05, 4.69) is 5.73 Å². The van der Waals surface area contributed by atoms with Crippen molar-refractivity contribution in [1.82, 2.24) is 0 Å². The SMILES string of the molecule is NC(=O)C(O)CO.OB(O)O. The van der Waals surface area contributed by atoms with Crippen LogP contribution < -0.4 is 5.73 Å². The molecule has 0 bridgehead atoms. The summed E-state index contributed by atoms with van der Waals surface area (Å²) in [4.78, 5) is 9.74. The molecule has 1 atom stereocenters. The normalized spacial score (nSPS) is 11.0. The van der Waals surface area contributed by atoms with Crippen molar-refractivity contribution in [3.8, 4) is 0 Å². The minimum Gasteiger partial charge on any atom is -0.402 e. The Kier molecular flexibility index (Phi) is 8.77. The molecule has 0 fully saturated rings. The second-order valence-corrected chi connectivity index (χ2v) is 1.45. The quantitative estimate of drug-likeness (QED) is 0.230. The van der Waals surface area contributed by atoms with Gasteiger partial charge in [0, 0.05) is 0 Å².